The van der Waals surface area contributed by atoms with Crippen molar-refractivity contribution in [3.8, 4) is 0 Å². The molecule has 1 saturated carbocycles. The van der Waals surface area contributed by atoms with E-state index in [9.17, 15) is 0 Å². The highest BCUT2D eigenvalue weighted by Gasteiger charge is 2.35. The third kappa shape index (κ3) is 3.23. The summed E-state index contributed by atoms with van der Waals surface area (Å²) < 4.78 is 0. The summed E-state index contributed by atoms with van der Waals surface area (Å²) in [5.74, 6) is 0.751. The Labute approximate surface area is 107 Å². The zero-order valence-electron chi connectivity index (χ0n) is 12.1. The zero-order chi connectivity index (χ0) is 12.5. The van der Waals surface area contributed by atoms with E-state index in [-0.39, 0.29) is 0 Å². The van der Waals surface area contributed by atoms with Crippen LogP contribution in [0.15, 0.2) is 0 Å². The van der Waals surface area contributed by atoms with E-state index in [0.717, 1.165) is 5.92 Å². The lowest BCUT2D eigenvalue weighted by molar-refractivity contribution is 0.0766. The molecule has 2 aliphatic rings. The minimum Gasteiger partial charge on any atom is -0.311 e. The van der Waals surface area contributed by atoms with E-state index < -0.39 is 0 Å². The standard InChI is InChI=1S/C15H30N2/c1-12(2)14-10-17(13(3)9-16-14)11-15(4)7-5-6-8-15/h12-14,16H,5-11H2,1-4H3. The fourth-order valence-corrected chi connectivity index (χ4v) is 3.49. The minimum absolute atomic E-state index is 0.604. The van der Waals surface area contributed by atoms with Crippen molar-refractivity contribution in [2.24, 2.45) is 11.3 Å². The number of hydrogen-bond acceptors (Lipinski definition) is 2. The van der Waals surface area contributed by atoms with Gasteiger partial charge >= 0.3 is 0 Å². The van der Waals surface area contributed by atoms with Crippen LogP contribution in [0.5, 0.6) is 0 Å². The number of nitrogens with zero attached hydrogens (tertiary/aromatic N) is 1. The Kier molecular flexibility index (Phi) is 4.14. The highest BCUT2D eigenvalue weighted by atomic mass is 15.2. The molecule has 0 aromatic carbocycles. The lowest BCUT2D eigenvalue weighted by Crippen LogP contribution is -2.58. The van der Waals surface area contributed by atoms with Crippen molar-refractivity contribution < 1.29 is 0 Å². The van der Waals surface area contributed by atoms with Crippen LogP contribution in [0.2, 0.25) is 0 Å². The molecule has 0 spiro atoms. The largest absolute Gasteiger partial charge is 0.311 e. The van der Waals surface area contributed by atoms with Crippen molar-refractivity contribution >= 4 is 0 Å². The first kappa shape index (κ1) is 13.4. The van der Waals surface area contributed by atoms with E-state index in [1.54, 1.807) is 0 Å². The van der Waals surface area contributed by atoms with Gasteiger partial charge in [-0.05, 0) is 31.1 Å². The number of rotatable bonds is 3. The third-order valence-corrected chi connectivity index (χ3v) is 4.93. The zero-order valence-corrected chi connectivity index (χ0v) is 12.1. The van der Waals surface area contributed by atoms with Crippen LogP contribution in [0, 0.1) is 11.3 Å². The van der Waals surface area contributed by atoms with E-state index in [2.05, 4.69) is 37.9 Å². The summed E-state index contributed by atoms with van der Waals surface area (Å²) in [6.45, 7) is 13.3. The second kappa shape index (κ2) is 5.27. The molecule has 1 aliphatic heterocycles. The van der Waals surface area contributed by atoms with Gasteiger partial charge in [-0.3, -0.25) is 4.90 Å². The molecule has 2 nitrogen and oxygen atoms in total. The topological polar surface area (TPSA) is 15.3 Å². The second-order valence-corrected chi connectivity index (χ2v) is 7.05. The van der Waals surface area contributed by atoms with Crippen molar-refractivity contribution in [2.45, 2.75) is 65.5 Å². The van der Waals surface area contributed by atoms with Crippen molar-refractivity contribution in [1.82, 2.24) is 10.2 Å². The summed E-state index contributed by atoms with van der Waals surface area (Å²) in [7, 11) is 0. The van der Waals surface area contributed by atoms with E-state index in [4.69, 9.17) is 0 Å². The molecule has 17 heavy (non-hydrogen) atoms. The summed E-state index contributed by atoms with van der Waals surface area (Å²) in [6, 6.07) is 1.40. The van der Waals surface area contributed by atoms with Crippen LogP contribution in [0.3, 0.4) is 0 Å². The van der Waals surface area contributed by atoms with Crippen molar-refractivity contribution in [1.29, 1.82) is 0 Å². The number of nitrogens with one attached hydrogen (secondary N) is 1. The molecular formula is C15H30N2. The number of hydrogen-bond donors (Lipinski definition) is 1. The van der Waals surface area contributed by atoms with Crippen molar-refractivity contribution in [2.75, 3.05) is 19.6 Å². The fourth-order valence-electron chi connectivity index (χ4n) is 3.49. The van der Waals surface area contributed by atoms with Gasteiger partial charge in [0.25, 0.3) is 0 Å². The predicted octanol–water partition coefficient (Wildman–Crippen LogP) is 2.89. The van der Waals surface area contributed by atoms with Crippen molar-refractivity contribution in [3.63, 3.8) is 0 Å². The highest BCUT2D eigenvalue weighted by molar-refractivity contribution is 4.90. The van der Waals surface area contributed by atoms with Crippen LogP contribution >= 0.6 is 0 Å². The molecule has 1 saturated heterocycles. The molecule has 1 heterocycles. The van der Waals surface area contributed by atoms with Gasteiger partial charge in [-0.1, -0.05) is 33.6 Å². The SMILES string of the molecule is CC(C)C1CN(CC2(C)CCCC2)C(C)CN1. The molecule has 0 amide bonds. The monoisotopic (exact) mass is 238 g/mol. The highest BCUT2D eigenvalue weighted by Crippen LogP contribution is 2.38. The molecule has 2 rings (SSSR count). The van der Waals surface area contributed by atoms with Crippen LogP contribution < -0.4 is 5.32 Å². The van der Waals surface area contributed by atoms with Gasteiger partial charge in [-0.25, -0.2) is 0 Å². The average Bonchev–Trinajstić information content (AvgIpc) is 2.68. The summed E-state index contributed by atoms with van der Waals surface area (Å²) in [5, 5.41) is 3.69. The van der Waals surface area contributed by atoms with E-state index in [1.807, 2.05) is 0 Å². The predicted molar refractivity (Wildman–Crippen MR) is 74.2 cm³/mol. The van der Waals surface area contributed by atoms with Gasteiger partial charge in [-0.2, -0.15) is 0 Å². The molecule has 0 aromatic heterocycles. The van der Waals surface area contributed by atoms with E-state index in [0.29, 0.717) is 17.5 Å². The maximum absolute atomic E-state index is 3.69. The van der Waals surface area contributed by atoms with Crippen LogP contribution in [0.1, 0.15) is 53.4 Å². The van der Waals surface area contributed by atoms with Crippen molar-refractivity contribution in [3.05, 3.63) is 0 Å². The molecule has 2 heteroatoms. The Morgan fingerprint density at radius 3 is 2.53 bits per heavy atom. The number of piperazine rings is 1. The first-order valence-corrected chi connectivity index (χ1v) is 7.48. The molecule has 0 bridgehead atoms. The van der Waals surface area contributed by atoms with Gasteiger partial charge < -0.3 is 5.32 Å². The molecule has 100 valence electrons. The smallest absolute Gasteiger partial charge is 0.0218 e. The maximum atomic E-state index is 3.69. The van der Waals surface area contributed by atoms with Gasteiger partial charge in [0, 0.05) is 31.7 Å². The van der Waals surface area contributed by atoms with Gasteiger partial charge in [0.2, 0.25) is 0 Å². The Morgan fingerprint density at radius 2 is 1.94 bits per heavy atom. The first-order chi connectivity index (χ1) is 8.00. The Morgan fingerprint density at radius 1 is 1.29 bits per heavy atom. The van der Waals surface area contributed by atoms with E-state index >= 15 is 0 Å². The Balaban J connectivity index is 1.93. The average molecular weight is 238 g/mol. The van der Waals surface area contributed by atoms with Crippen LogP contribution in [0.25, 0.3) is 0 Å². The molecule has 1 aliphatic carbocycles. The summed E-state index contributed by atoms with van der Waals surface area (Å²) >= 11 is 0. The summed E-state index contributed by atoms with van der Waals surface area (Å²) in [6.07, 6.45) is 5.78. The molecule has 2 fully saturated rings. The lowest BCUT2D eigenvalue weighted by Gasteiger charge is -2.43. The lowest BCUT2D eigenvalue weighted by atomic mass is 9.87. The van der Waals surface area contributed by atoms with Crippen LogP contribution in [-0.2, 0) is 0 Å². The second-order valence-electron chi connectivity index (χ2n) is 7.05. The van der Waals surface area contributed by atoms with Gasteiger partial charge in [0.05, 0.1) is 0 Å². The third-order valence-electron chi connectivity index (χ3n) is 4.93. The summed E-state index contributed by atoms with van der Waals surface area (Å²) in [5.41, 5.74) is 0.604. The molecule has 1 N–H and O–H groups in total. The Hall–Kier alpha value is -0.0800. The quantitative estimate of drug-likeness (QED) is 0.813. The normalized spacial score (nSPS) is 34.4. The molecule has 0 radical (unpaired) electrons. The minimum atomic E-state index is 0.604. The van der Waals surface area contributed by atoms with Gasteiger partial charge in [0.15, 0.2) is 0 Å². The van der Waals surface area contributed by atoms with Gasteiger partial charge in [-0.15, -0.1) is 0 Å². The molecule has 2 atom stereocenters. The molecule has 0 aromatic rings. The molecule has 2 unspecified atom stereocenters. The Bertz CT molecular complexity index is 243. The maximum Gasteiger partial charge on any atom is 0.0218 e. The van der Waals surface area contributed by atoms with Gasteiger partial charge in [0.1, 0.15) is 0 Å². The molecular weight excluding hydrogens is 208 g/mol. The summed E-state index contributed by atoms with van der Waals surface area (Å²) in [4.78, 5) is 2.74. The van der Waals surface area contributed by atoms with E-state index in [1.165, 1.54) is 45.3 Å². The van der Waals surface area contributed by atoms with Crippen LogP contribution in [-0.4, -0.2) is 36.6 Å². The fraction of sp³-hybridized carbons (Fsp3) is 1.00. The first-order valence-electron chi connectivity index (χ1n) is 7.48. The van der Waals surface area contributed by atoms with Crippen LogP contribution in [0.4, 0.5) is 0 Å².